The van der Waals surface area contributed by atoms with Gasteiger partial charge < -0.3 is 4.79 Å². The van der Waals surface area contributed by atoms with Crippen LogP contribution >= 0.6 is 0 Å². The van der Waals surface area contributed by atoms with Crippen LogP contribution in [0.25, 0.3) is 0 Å². The van der Waals surface area contributed by atoms with Crippen LogP contribution in [0.5, 0.6) is 0 Å². The maximum absolute atomic E-state index is 8.94. The van der Waals surface area contributed by atoms with Crippen molar-refractivity contribution in [3.63, 3.8) is 0 Å². The van der Waals surface area contributed by atoms with Crippen LogP contribution in [-0.2, 0) is 47.0 Å². The number of hydrogen-bond donors (Lipinski definition) is 6. The second-order valence-electron chi connectivity index (χ2n) is 1.03. The predicted octanol–water partition coefficient (Wildman–Crippen LogP) is -4.53. The van der Waals surface area contributed by atoms with E-state index in [1.165, 1.54) is 0 Å². The number of carbonyl (C=O) groups is 1. The molecule has 0 aliphatic heterocycles. The molecule has 0 aromatic carbocycles. The molecule has 0 bridgehead atoms. The summed E-state index contributed by atoms with van der Waals surface area (Å²) in [7, 11) is 0. The fourth-order valence-electron chi connectivity index (χ4n) is 0. The van der Waals surface area contributed by atoms with Gasteiger partial charge in [0.2, 0.25) is 0 Å². The van der Waals surface area contributed by atoms with Crippen molar-refractivity contribution >= 4 is 35.8 Å². The van der Waals surface area contributed by atoms with Crippen LogP contribution in [0.4, 0.5) is 0 Å². The van der Waals surface area contributed by atoms with E-state index >= 15 is 0 Å². The molecule has 0 aromatic rings. The van der Waals surface area contributed by atoms with Gasteiger partial charge in [0.05, 0.1) is 0 Å². The minimum atomic E-state index is -5.12. The SMILES string of the molecule is C=O.O=[As](O)(O)O.O=[As](O)(O)O.[Cr].[Cr]. The second-order valence-corrected chi connectivity index (χ2v) is 5.33. The zero-order valence-electron chi connectivity index (χ0n) is 6.33. The molecule has 0 fully saturated rings. The van der Waals surface area contributed by atoms with E-state index in [1.54, 1.807) is 0 Å². The molecule has 6 N–H and O–H groups in total. The van der Waals surface area contributed by atoms with Gasteiger partial charge in [0.15, 0.2) is 0 Å². The van der Waals surface area contributed by atoms with E-state index in [-0.39, 0.29) is 34.7 Å². The van der Waals surface area contributed by atoms with Crippen LogP contribution in [0, 0.1) is 0 Å². The molecule has 9 nitrogen and oxygen atoms in total. The van der Waals surface area contributed by atoms with Gasteiger partial charge in [0.25, 0.3) is 0 Å². The summed E-state index contributed by atoms with van der Waals surface area (Å²) < 4.78 is 61.4. The van der Waals surface area contributed by atoms with Gasteiger partial charge in [-0.2, -0.15) is 0 Å². The maximum atomic E-state index is 8.94. The third kappa shape index (κ3) is 1340. The van der Waals surface area contributed by atoms with Crippen LogP contribution < -0.4 is 0 Å². The first-order valence-corrected chi connectivity index (χ1v) is 8.42. The summed E-state index contributed by atoms with van der Waals surface area (Å²) in [5.41, 5.74) is 0. The summed E-state index contributed by atoms with van der Waals surface area (Å²) in [5.74, 6) is 0. The van der Waals surface area contributed by atoms with Crippen LogP contribution in [0.3, 0.4) is 0 Å². The molecule has 88 valence electrons. The Hall–Kier alpha value is 1.21. The normalized spacial score (nSPS) is 8.71. The predicted molar refractivity (Wildman–Crippen MR) is 33.3 cm³/mol. The first-order chi connectivity index (χ1) is 5.00. The van der Waals surface area contributed by atoms with Gasteiger partial charge in [0, 0.05) is 34.7 Å². The van der Waals surface area contributed by atoms with Crippen molar-refractivity contribution in [2.75, 3.05) is 0 Å². The summed E-state index contributed by atoms with van der Waals surface area (Å²) in [6, 6.07) is 0. The Kier molecular flexibility index (Phi) is 29.9. The topological polar surface area (TPSA) is 173 Å². The van der Waals surface area contributed by atoms with Crippen molar-refractivity contribution in [1.82, 2.24) is 0 Å². The van der Waals surface area contributed by atoms with E-state index < -0.39 is 29.0 Å². The summed E-state index contributed by atoms with van der Waals surface area (Å²) in [5, 5.41) is 0. The number of hydrogen-bond acceptors (Lipinski definition) is 3. The van der Waals surface area contributed by atoms with E-state index in [4.69, 9.17) is 36.8 Å². The Morgan fingerprint density at radius 2 is 0.643 bits per heavy atom. The average molecular weight is 418 g/mol. The molecule has 0 amide bonds. The van der Waals surface area contributed by atoms with E-state index in [0.717, 1.165) is 0 Å². The standard InChI is InChI=1S/CH2O.2AsH3O4.2Cr/c1-2;2*2-1(3,4)5;;/h1H2;2*(H3,2,3,4,5);;. The molecule has 13 heteroatoms. The van der Waals surface area contributed by atoms with Crippen LogP contribution in [0.15, 0.2) is 0 Å². The third-order valence-corrected chi connectivity index (χ3v) is 0. The molecule has 0 rings (SSSR count). The van der Waals surface area contributed by atoms with Gasteiger partial charge in [-0.25, -0.2) is 0 Å². The van der Waals surface area contributed by atoms with Gasteiger partial charge in [-0.15, -0.1) is 0 Å². The van der Waals surface area contributed by atoms with Crippen LogP contribution in [-0.4, -0.2) is 60.4 Å². The molecule has 14 heavy (non-hydrogen) atoms. The minimum absolute atomic E-state index is 0. The Balaban J connectivity index is -0.0000000292. The van der Waals surface area contributed by atoms with Gasteiger partial charge in [-0.3, -0.25) is 0 Å². The van der Waals surface area contributed by atoms with Crippen molar-refractivity contribution < 1.29 is 71.6 Å². The molecule has 0 saturated carbocycles. The molecular formula is CH8As2Cr2O9. The summed E-state index contributed by atoms with van der Waals surface area (Å²) in [4.78, 5) is 8.00. The van der Waals surface area contributed by atoms with Gasteiger partial charge in [0.1, 0.15) is 6.79 Å². The van der Waals surface area contributed by atoms with Gasteiger partial charge in [-0.1, -0.05) is 0 Å². The summed E-state index contributed by atoms with van der Waals surface area (Å²) in [6.07, 6.45) is 0. The molecule has 0 aliphatic carbocycles. The Morgan fingerprint density at radius 3 is 0.643 bits per heavy atom. The fourth-order valence-corrected chi connectivity index (χ4v) is 0. The van der Waals surface area contributed by atoms with Crippen LogP contribution in [0.2, 0.25) is 0 Å². The molecule has 0 heterocycles. The smallest absolute Gasteiger partial charge is 0 e. The molecule has 0 spiro atoms. The van der Waals surface area contributed by atoms with Crippen molar-refractivity contribution in [3.8, 4) is 0 Å². The minimum Gasteiger partial charge on any atom is 0 e. The van der Waals surface area contributed by atoms with Crippen LogP contribution in [0.1, 0.15) is 0 Å². The largest absolute Gasteiger partial charge is 0 e. The van der Waals surface area contributed by atoms with Crippen molar-refractivity contribution in [1.29, 1.82) is 0 Å². The average Bonchev–Trinajstić information content (AvgIpc) is 1.59. The molecule has 0 aromatic heterocycles. The third-order valence-electron chi connectivity index (χ3n) is 0. The first kappa shape index (κ1) is 29.5. The molecule has 0 unspecified atom stereocenters. The van der Waals surface area contributed by atoms with Gasteiger partial charge >= 0.3 is 61.1 Å². The molecule has 0 saturated heterocycles. The van der Waals surface area contributed by atoms with E-state index in [1.807, 2.05) is 6.79 Å². The zero-order valence-corrected chi connectivity index (χ0v) is 12.6. The molecule has 0 radical (unpaired) electrons. The second kappa shape index (κ2) is 14.2. The molecule has 0 atom stereocenters. The Labute approximate surface area is 107 Å². The summed E-state index contributed by atoms with van der Waals surface area (Å²) in [6.45, 7) is 2.00. The fraction of sp³-hybridized carbons (Fsp3) is 0. The first-order valence-electron chi connectivity index (χ1n) is 1.85. The van der Waals surface area contributed by atoms with E-state index in [9.17, 15) is 0 Å². The molecular weight excluding hydrogens is 410 g/mol. The Bertz CT molecular complexity index is 145. The number of carbonyl (C=O) groups excluding carboxylic acids is 1. The quantitative estimate of drug-likeness (QED) is 0.212. The van der Waals surface area contributed by atoms with Crippen molar-refractivity contribution in [3.05, 3.63) is 0 Å². The number of rotatable bonds is 0. The maximum Gasteiger partial charge on any atom is 0 e. The zero-order chi connectivity index (χ0) is 11.0. The van der Waals surface area contributed by atoms with E-state index in [2.05, 4.69) is 0 Å². The van der Waals surface area contributed by atoms with Crippen molar-refractivity contribution in [2.45, 2.75) is 0 Å². The van der Waals surface area contributed by atoms with E-state index in [0.29, 0.717) is 0 Å². The van der Waals surface area contributed by atoms with Crippen molar-refractivity contribution in [2.24, 2.45) is 0 Å². The molecule has 0 aliphatic rings. The summed E-state index contributed by atoms with van der Waals surface area (Å²) >= 11 is -10.2. The Morgan fingerprint density at radius 1 is 0.643 bits per heavy atom. The monoisotopic (exact) mass is 418 g/mol. The van der Waals surface area contributed by atoms with Gasteiger partial charge in [-0.05, 0) is 0 Å².